The Morgan fingerprint density at radius 3 is 1.43 bits per heavy atom. The number of rotatable bonds is 34. The molecular formula is C34H59NO12. The highest BCUT2D eigenvalue weighted by atomic mass is 16.6. The van der Waals surface area contributed by atoms with Crippen LogP contribution in [-0.2, 0) is 58.8 Å². The molecule has 0 saturated carbocycles. The van der Waals surface area contributed by atoms with E-state index >= 15 is 0 Å². The van der Waals surface area contributed by atoms with E-state index < -0.39 is 6.09 Å². The Morgan fingerprint density at radius 2 is 1.00 bits per heavy atom. The average molecular weight is 674 g/mol. The third kappa shape index (κ3) is 28.4. The average Bonchev–Trinajstić information content (AvgIpc) is 3.09. The van der Waals surface area contributed by atoms with Gasteiger partial charge in [-0.3, -0.25) is 4.79 Å². The van der Waals surface area contributed by atoms with E-state index in [0.717, 1.165) is 31.2 Å². The Hall–Kier alpha value is -2.36. The van der Waals surface area contributed by atoms with Crippen LogP contribution in [0.5, 0.6) is 0 Å². The molecule has 1 unspecified atom stereocenters. The second-order valence-electron chi connectivity index (χ2n) is 10.3. The maximum atomic E-state index is 12.0. The first-order valence-corrected chi connectivity index (χ1v) is 16.9. The van der Waals surface area contributed by atoms with Crippen LogP contribution in [0.4, 0.5) is 4.79 Å². The van der Waals surface area contributed by atoms with Gasteiger partial charge in [0.2, 0.25) is 0 Å². The first kappa shape index (κ1) is 42.7. The Labute approximate surface area is 281 Å². The molecular weight excluding hydrogens is 614 g/mol. The van der Waals surface area contributed by atoms with Crippen LogP contribution in [0, 0.1) is 5.92 Å². The van der Waals surface area contributed by atoms with E-state index in [1.165, 1.54) is 0 Å². The number of hydrogen-bond acceptors (Lipinski definition) is 12. The first-order chi connectivity index (χ1) is 23.2. The molecule has 1 amide bonds. The minimum atomic E-state index is -0.471. The van der Waals surface area contributed by atoms with Crippen molar-refractivity contribution in [2.45, 2.75) is 46.1 Å². The zero-order chi connectivity index (χ0) is 33.9. The second kappa shape index (κ2) is 33.5. The van der Waals surface area contributed by atoms with E-state index in [1.807, 2.05) is 37.3 Å². The molecule has 0 aliphatic heterocycles. The van der Waals surface area contributed by atoms with E-state index in [1.54, 1.807) is 0 Å². The predicted octanol–water partition coefficient (Wildman–Crippen LogP) is 3.81. The number of ether oxygens (including phenoxy) is 10. The molecule has 1 aromatic carbocycles. The van der Waals surface area contributed by atoms with E-state index in [4.69, 9.17) is 47.4 Å². The van der Waals surface area contributed by atoms with Crippen molar-refractivity contribution in [3.63, 3.8) is 0 Å². The highest BCUT2D eigenvalue weighted by Crippen LogP contribution is 2.14. The number of carbonyl (C=O) groups is 2. The van der Waals surface area contributed by atoms with Crippen molar-refractivity contribution in [3.05, 3.63) is 35.9 Å². The summed E-state index contributed by atoms with van der Waals surface area (Å²) in [5.74, 6) is -0.131. The van der Waals surface area contributed by atoms with Crippen LogP contribution in [0.2, 0.25) is 0 Å². The lowest BCUT2D eigenvalue weighted by atomic mass is 10.00. The highest BCUT2D eigenvalue weighted by Gasteiger charge is 2.16. The normalized spacial score (nSPS) is 11.8. The van der Waals surface area contributed by atoms with Crippen molar-refractivity contribution >= 4 is 12.1 Å². The van der Waals surface area contributed by atoms with Crippen molar-refractivity contribution in [3.8, 4) is 0 Å². The lowest BCUT2D eigenvalue weighted by molar-refractivity contribution is -0.150. The smallest absolute Gasteiger partial charge is 0.407 e. The highest BCUT2D eigenvalue weighted by molar-refractivity contribution is 5.72. The number of amides is 1. The molecule has 1 N–H and O–H groups in total. The van der Waals surface area contributed by atoms with Gasteiger partial charge < -0.3 is 52.7 Å². The summed E-state index contributed by atoms with van der Waals surface area (Å²) in [6, 6.07) is 9.50. The summed E-state index contributed by atoms with van der Waals surface area (Å²) in [4.78, 5) is 23.6. The zero-order valence-corrected chi connectivity index (χ0v) is 28.6. The Morgan fingerprint density at radius 1 is 0.574 bits per heavy atom. The second-order valence-corrected chi connectivity index (χ2v) is 10.3. The molecule has 0 fully saturated rings. The summed E-state index contributed by atoms with van der Waals surface area (Å²) in [5.41, 5.74) is 0.936. The Kier molecular flexibility index (Phi) is 30.4. The first-order valence-electron chi connectivity index (χ1n) is 16.9. The summed E-state index contributed by atoms with van der Waals surface area (Å²) in [5, 5.41) is 2.64. The van der Waals surface area contributed by atoms with Gasteiger partial charge in [-0.2, -0.15) is 0 Å². The van der Waals surface area contributed by atoms with Gasteiger partial charge in [-0.1, -0.05) is 57.0 Å². The fourth-order valence-corrected chi connectivity index (χ4v) is 3.90. The van der Waals surface area contributed by atoms with Crippen molar-refractivity contribution in [1.82, 2.24) is 5.32 Å². The van der Waals surface area contributed by atoms with Crippen LogP contribution in [0.15, 0.2) is 30.3 Å². The minimum Gasteiger partial charge on any atom is -0.463 e. The van der Waals surface area contributed by atoms with Crippen LogP contribution >= 0.6 is 0 Å². The van der Waals surface area contributed by atoms with E-state index in [2.05, 4.69) is 12.2 Å². The lowest BCUT2D eigenvalue weighted by Gasteiger charge is -2.13. The summed E-state index contributed by atoms with van der Waals surface area (Å²) in [7, 11) is 0. The molecule has 272 valence electrons. The van der Waals surface area contributed by atoms with E-state index in [9.17, 15) is 9.59 Å². The number of carbonyl (C=O) groups excluding carboxylic acids is 2. The van der Waals surface area contributed by atoms with Crippen LogP contribution in [0.25, 0.3) is 0 Å². The molecule has 0 aliphatic carbocycles. The topological polar surface area (TPSA) is 138 Å². The Bertz CT molecular complexity index is 833. The van der Waals surface area contributed by atoms with Crippen molar-refractivity contribution in [2.75, 3.05) is 119 Å². The Balaban J connectivity index is 1.69. The number of nitrogens with one attached hydrogen (secondary N) is 1. The molecule has 13 heteroatoms. The molecule has 0 radical (unpaired) electrons. The predicted molar refractivity (Wildman–Crippen MR) is 175 cm³/mol. The molecule has 47 heavy (non-hydrogen) atoms. The molecule has 1 rings (SSSR count). The monoisotopic (exact) mass is 673 g/mol. The SMILES string of the molecule is CCCCC(CC)C(=O)OCCOCCOCCOCCOCCOCCOCCOCCOCCNC(=O)OCc1ccccc1. The number of alkyl carbamates (subject to hydrolysis) is 1. The van der Waals surface area contributed by atoms with Gasteiger partial charge >= 0.3 is 12.1 Å². The number of hydrogen-bond donors (Lipinski definition) is 1. The van der Waals surface area contributed by atoms with Crippen LogP contribution in [-0.4, -0.2) is 131 Å². The maximum absolute atomic E-state index is 12.0. The summed E-state index contributed by atoms with van der Waals surface area (Å²) >= 11 is 0. The van der Waals surface area contributed by atoms with Gasteiger partial charge in [0, 0.05) is 6.54 Å². The standard InChI is InChI=1S/C34H59NO12/c1-3-5-11-32(4-2)33(36)46-29-28-45-27-26-44-25-24-43-23-22-42-21-20-41-19-18-40-17-16-39-15-14-38-13-12-35-34(37)47-30-31-9-7-6-8-10-31/h6-10,32H,3-5,11-30H2,1-2H3,(H,35,37). The van der Waals surface area contributed by atoms with Gasteiger partial charge in [0.15, 0.2) is 0 Å². The lowest BCUT2D eigenvalue weighted by Crippen LogP contribution is -2.28. The van der Waals surface area contributed by atoms with Crippen molar-refractivity contribution in [1.29, 1.82) is 0 Å². The summed E-state index contributed by atoms with van der Waals surface area (Å²) in [6.07, 6.45) is 3.35. The third-order valence-corrected chi connectivity index (χ3v) is 6.54. The molecule has 0 aromatic heterocycles. The molecule has 0 spiro atoms. The molecule has 13 nitrogen and oxygen atoms in total. The molecule has 0 saturated heterocycles. The number of benzene rings is 1. The van der Waals surface area contributed by atoms with Crippen LogP contribution in [0.3, 0.4) is 0 Å². The van der Waals surface area contributed by atoms with Crippen LogP contribution in [0.1, 0.15) is 45.1 Å². The largest absolute Gasteiger partial charge is 0.463 e. The number of esters is 1. The van der Waals surface area contributed by atoms with Gasteiger partial charge in [0.05, 0.1) is 112 Å². The van der Waals surface area contributed by atoms with Crippen LogP contribution < -0.4 is 5.32 Å². The van der Waals surface area contributed by atoms with Gasteiger partial charge in [0.25, 0.3) is 0 Å². The molecule has 1 aromatic rings. The van der Waals surface area contributed by atoms with Gasteiger partial charge in [-0.25, -0.2) is 4.79 Å². The quantitative estimate of drug-likeness (QED) is 0.0841. The zero-order valence-electron chi connectivity index (χ0n) is 28.6. The van der Waals surface area contributed by atoms with E-state index in [-0.39, 0.29) is 25.1 Å². The number of unbranched alkanes of at least 4 members (excludes halogenated alkanes) is 1. The fourth-order valence-electron chi connectivity index (χ4n) is 3.90. The summed E-state index contributed by atoms with van der Waals surface area (Å²) in [6.45, 7) is 12.3. The van der Waals surface area contributed by atoms with Gasteiger partial charge in [-0.05, 0) is 18.4 Å². The van der Waals surface area contributed by atoms with Crippen molar-refractivity contribution < 1.29 is 57.0 Å². The maximum Gasteiger partial charge on any atom is 0.407 e. The molecule has 0 bridgehead atoms. The van der Waals surface area contributed by atoms with Crippen molar-refractivity contribution in [2.24, 2.45) is 5.92 Å². The fraction of sp³-hybridized carbons (Fsp3) is 0.765. The minimum absolute atomic E-state index is 0.00732. The molecule has 1 atom stereocenters. The van der Waals surface area contributed by atoms with E-state index in [0.29, 0.717) is 112 Å². The van der Waals surface area contributed by atoms with Gasteiger partial charge in [0.1, 0.15) is 13.2 Å². The summed E-state index contributed by atoms with van der Waals surface area (Å²) < 4.78 is 54.1. The molecule has 0 aliphatic rings. The molecule has 0 heterocycles. The van der Waals surface area contributed by atoms with Gasteiger partial charge in [-0.15, -0.1) is 0 Å². The third-order valence-electron chi connectivity index (χ3n) is 6.54.